The Labute approximate surface area is 257 Å². The quantitative estimate of drug-likeness (QED) is 0.408. The van der Waals surface area contributed by atoms with E-state index in [9.17, 15) is 14.4 Å². The largest absolute Gasteiger partial charge is 0.349 e. The molecule has 9 nitrogen and oxygen atoms in total. The lowest BCUT2D eigenvalue weighted by molar-refractivity contribution is -0.144. The maximum absolute atomic E-state index is 14.2. The van der Waals surface area contributed by atoms with E-state index in [1.807, 2.05) is 46.7 Å². The molecule has 6 rings (SSSR count). The number of hydrogen-bond acceptors (Lipinski definition) is 7. The topological polar surface area (TPSA) is 97.9 Å². The number of rotatable bonds is 8. The van der Waals surface area contributed by atoms with Crippen molar-refractivity contribution in [3.63, 3.8) is 0 Å². The second-order valence-corrected chi connectivity index (χ2v) is 13.1. The molecule has 2 aliphatic heterocycles. The zero-order valence-corrected chi connectivity index (χ0v) is 25.8. The number of piperazine rings is 2. The van der Waals surface area contributed by atoms with Crippen LogP contribution in [0.15, 0.2) is 41.8 Å². The minimum atomic E-state index is -0.0731. The number of fused-ring (bicyclic) bond motifs is 1. The minimum Gasteiger partial charge on any atom is -0.349 e. The van der Waals surface area contributed by atoms with Gasteiger partial charge in [-0.3, -0.25) is 19.3 Å². The first-order valence-electron chi connectivity index (χ1n) is 15.7. The summed E-state index contributed by atoms with van der Waals surface area (Å²) < 4.78 is 0. The molecule has 0 radical (unpaired) electrons. The molecular weight excluding hydrogens is 560 g/mol. The van der Waals surface area contributed by atoms with E-state index in [1.54, 1.807) is 16.2 Å². The van der Waals surface area contributed by atoms with Gasteiger partial charge in [-0.1, -0.05) is 43.5 Å². The molecular formula is C33H42N6O3S. The number of nitrogens with one attached hydrogen (secondary N) is 2. The number of carbonyl (C=O) groups is 3. The first-order chi connectivity index (χ1) is 21.0. The third-order valence-electron chi connectivity index (χ3n) is 9.27. The van der Waals surface area contributed by atoms with Gasteiger partial charge in [0.1, 0.15) is 0 Å². The third kappa shape index (κ3) is 6.76. The number of benzene rings is 1. The van der Waals surface area contributed by atoms with Crippen LogP contribution in [0.3, 0.4) is 0 Å². The molecule has 2 saturated heterocycles. The van der Waals surface area contributed by atoms with Gasteiger partial charge in [-0.05, 0) is 43.2 Å². The lowest BCUT2D eigenvalue weighted by Crippen LogP contribution is -2.55. The number of carbonyl (C=O) groups excluding carboxylic acids is 3. The Morgan fingerprint density at radius 2 is 1.84 bits per heavy atom. The molecule has 1 atom stereocenters. The molecule has 4 heterocycles. The highest BCUT2D eigenvalue weighted by Crippen LogP contribution is 2.34. The van der Waals surface area contributed by atoms with E-state index in [0.29, 0.717) is 44.2 Å². The van der Waals surface area contributed by atoms with Crippen molar-refractivity contribution >= 4 is 40.0 Å². The van der Waals surface area contributed by atoms with Crippen molar-refractivity contribution in [1.29, 1.82) is 0 Å². The van der Waals surface area contributed by atoms with Gasteiger partial charge < -0.3 is 20.4 Å². The van der Waals surface area contributed by atoms with E-state index < -0.39 is 0 Å². The van der Waals surface area contributed by atoms with Gasteiger partial charge in [0.2, 0.25) is 11.8 Å². The summed E-state index contributed by atoms with van der Waals surface area (Å²) in [6.07, 6.45) is 6.01. The first-order valence-corrected chi connectivity index (χ1v) is 16.6. The lowest BCUT2D eigenvalue weighted by Gasteiger charge is -2.36. The van der Waals surface area contributed by atoms with Gasteiger partial charge in [-0.25, -0.2) is 4.98 Å². The normalized spacial score (nSPS) is 19.5. The summed E-state index contributed by atoms with van der Waals surface area (Å²) in [6.45, 7) is 6.92. The molecule has 0 spiro atoms. The van der Waals surface area contributed by atoms with Crippen molar-refractivity contribution in [3.05, 3.63) is 52.9 Å². The van der Waals surface area contributed by atoms with E-state index >= 15 is 0 Å². The molecule has 3 fully saturated rings. The molecule has 1 aliphatic carbocycles. The van der Waals surface area contributed by atoms with Gasteiger partial charge in [0.25, 0.3) is 5.91 Å². The SMILES string of the molecule is C[C@H](NC(=O)c1c(CN2CCN(CC(=O)N3CCNCC3)C(=O)C2)c(-c2cccs2)nc2ccccc12)C1CCCCC1. The molecule has 0 bridgehead atoms. The van der Waals surface area contributed by atoms with Crippen LogP contribution in [0.5, 0.6) is 0 Å². The highest BCUT2D eigenvalue weighted by atomic mass is 32.1. The van der Waals surface area contributed by atoms with Crippen LogP contribution in [0.25, 0.3) is 21.5 Å². The van der Waals surface area contributed by atoms with E-state index in [-0.39, 0.29) is 36.9 Å². The Balaban J connectivity index is 1.27. The maximum Gasteiger partial charge on any atom is 0.252 e. The van der Waals surface area contributed by atoms with Crippen molar-refractivity contribution in [2.45, 2.75) is 51.6 Å². The van der Waals surface area contributed by atoms with Crippen LogP contribution >= 0.6 is 11.3 Å². The number of para-hydroxylation sites is 1. The van der Waals surface area contributed by atoms with Gasteiger partial charge in [0.15, 0.2) is 0 Å². The van der Waals surface area contributed by atoms with Gasteiger partial charge in [-0.2, -0.15) is 0 Å². The summed E-state index contributed by atoms with van der Waals surface area (Å²) in [5, 5.41) is 9.49. The number of amides is 3. The van der Waals surface area contributed by atoms with Crippen LogP contribution in [0.1, 0.15) is 54.9 Å². The van der Waals surface area contributed by atoms with Gasteiger partial charge in [0, 0.05) is 62.8 Å². The highest BCUT2D eigenvalue weighted by molar-refractivity contribution is 7.13. The molecule has 0 unspecified atom stereocenters. The minimum absolute atomic E-state index is 0.00746. The Hall–Kier alpha value is -3.34. The Bertz CT molecular complexity index is 1450. The van der Waals surface area contributed by atoms with Crippen LogP contribution in [-0.4, -0.2) is 95.8 Å². The van der Waals surface area contributed by atoms with Gasteiger partial charge in [-0.15, -0.1) is 11.3 Å². The van der Waals surface area contributed by atoms with Crippen LogP contribution in [-0.2, 0) is 16.1 Å². The predicted molar refractivity (Wildman–Crippen MR) is 170 cm³/mol. The van der Waals surface area contributed by atoms with Crippen LogP contribution in [0.4, 0.5) is 0 Å². The molecule has 43 heavy (non-hydrogen) atoms. The van der Waals surface area contributed by atoms with Crippen LogP contribution in [0.2, 0.25) is 0 Å². The van der Waals surface area contributed by atoms with E-state index in [2.05, 4.69) is 22.5 Å². The number of nitrogens with zero attached hydrogens (tertiary/aromatic N) is 4. The highest BCUT2D eigenvalue weighted by Gasteiger charge is 2.31. The van der Waals surface area contributed by atoms with Gasteiger partial charge >= 0.3 is 0 Å². The molecule has 10 heteroatoms. The zero-order valence-electron chi connectivity index (χ0n) is 25.0. The molecule has 3 aliphatic rings. The van der Waals surface area contributed by atoms with Crippen molar-refractivity contribution in [1.82, 2.24) is 30.3 Å². The number of aromatic nitrogens is 1. The Morgan fingerprint density at radius 3 is 2.58 bits per heavy atom. The van der Waals surface area contributed by atoms with Gasteiger partial charge in [0.05, 0.1) is 34.7 Å². The summed E-state index contributed by atoms with van der Waals surface area (Å²) in [4.78, 5) is 52.0. The summed E-state index contributed by atoms with van der Waals surface area (Å²) in [5.41, 5.74) is 3.10. The smallest absolute Gasteiger partial charge is 0.252 e. The standard InChI is InChI=1S/C33H42N6O3S/c1-23(24-8-3-2-4-9-24)35-33(42)31-25-10-5-6-11-27(25)36-32(28-12-7-19-43-28)26(31)20-37-17-18-39(29(40)21-37)22-30(41)38-15-13-34-14-16-38/h5-7,10-12,19,23-24,34H,2-4,8-9,13-18,20-22H2,1H3,(H,35,42)/t23-/m0/s1. The second-order valence-electron chi connectivity index (χ2n) is 12.1. The number of thiophene rings is 1. The molecule has 3 amide bonds. The molecule has 2 aromatic heterocycles. The summed E-state index contributed by atoms with van der Waals surface area (Å²) in [6, 6.07) is 12.0. The molecule has 2 N–H and O–H groups in total. The van der Waals surface area contributed by atoms with Crippen molar-refractivity contribution < 1.29 is 14.4 Å². The number of hydrogen-bond donors (Lipinski definition) is 2. The average molecular weight is 603 g/mol. The van der Waals surface area contributed by atoms with E-state index in [1.165, 1.54) is 19.3 Å². The lowest BCUT2D eigenvalue weighted by atomic mass is 9.84. The maximum atomic E-state index is 14.2. The fraction of sp³-hybridized carbons (Fsp3) is 0.515. The third-order valence-corrected chi connectivity index (χ3v) is 10.1. The summed E-state index contributed by atoms with van der Waals surface area (Å²) >= 11 is 1.60. The monoisotopic (exact) mass is 602 g/mol. The average Bonchev–Trinajstić information content (AvgIpc) is 3.58. The molecule has 1 aromatic carbocycles. The van der Waals surface area contributed by atoms with Crippen LogP contribution in [0, 0.1) is 5.92 Å². The van der Waals surface area contributed by atoms with E-state index in [0.717, 1.165) is 53.0 Å². The van der Waals surface area contributed by atoms with Crippen molar-refractivity contribution in [2.75, 3.05) is 52.4 Å². The predicted octanol–water partition coefficient (Wildman–Crippen LogP) is 3.74. The second kappa shape index (κ2) is 13.5. The molecule has 3 aromatic rings. The van der Waals surface area contributed by atoms with E-state index in [4.69, 9.17) is 4.98 Å². The summed E-state index contributed by atoms with van der Waals surface area (Å²) in [7, 11) is 0. The van der Waals surface area contributed by atoms with Crippen molar-refractivity contribution in [2.24, 2.45) is 5.92 Å². The van der Waals surface area contributed by atoms with Crippen molar-refractivity contribution in [3.8, 4) is 10.6 Å². The van der Waals surface area contributed by atoms with Crippen LogP contribution < -0.4 is 10.6 Å². The first kappa shape index (κ1) is 29.7. The Morgan fingerprint density at radius 1 is 1.05 bits per heavy atom. The molecule has 228 valence electrons. The fourth-order valence-electron chi connectivity index (χ4n) is 6.77. The fourth-order valence-corrected chi connectivity index (χ4v) is 7.51. The zero-order chi connectivity index (χ0) is 29.8. The number of pyridine rings is 1. The molecule has 1 saturated carbocycles. The Kier molecular flexibility index (Phi) is 9.35. The summed E-state index contributed by atoms with van der Waals surface area (Å²) in [5.74, 6) is 0.364.